The number of aromatic nitrogens is 2. The van der Waals surface area contributed by atoms with Gasteiger partial charge >= 0.3 is 0 Å². The molecular formula is C14H17N3O2. The largest absolute Gasteiger partial charge is 0.463 e. The minimum Gasteiger partial charge on any atom is -0.463 e. The van der Waals surface area contributed by atoms with Gasteiger partial charge in [-0.3, -0.25) is 9.89 Å². The maximum absolute atomic E-state index is 12.3. The van der Waals surface area contributed by atoms with Crippen LogP contribution < -0.4 is 0 Å². The smallest absolute Gasteiger partial charge is 0.274 e. The van der Waals surface area contributed by atoms with Gasteiger partial charge in [0.25, 0.3) is 5.91 Å². The van der Waals surface area contributed by atoms with Crippen LogP contribution in [0.2, 0.25) is 0 Å². The highest BCUT2D eigenvalue weighted by Gasteiger charge is 2.25. The molecule has 1 N–H and O–H groups in total. The highest BCUT2D eigenvalue weighted by atomic mass is 16.3. The van der Waals surface area contributed by atoms with Crippen molar-refractivity contribution in [1.82, 2.24) is 15.1 Å². The number of rotatable bonds is 3. The van der Waals surface area contributed by atoms with E-state index in [1.54, 1.807) is 12.3 Å². The third-order valence-electron chi connectivity index (χ3n) is 3.78. The van der Waals surface area contributed by atoms with Gasteiger partial charge in [-0.25, -0.2) is 0 Å². The van der Waals surface area contributed by atoms with Crippen LogP contribution >= 0.6 is 0 Å². The monoisotopic (exact) mass is 259 g/mol. The number of aromatic amines is 1. The fourth-order valence-electron chi connectivity index (χ4n) is 2.63. The molecule has 19 heavy (non-hydrogen) atoms. The number of carbonyl (C=O) groups is 1. The molecule has 1 aliphatic carbocycles. The zero-order valence-corrected chi connectivity index (χ0v) is 10.9. The Labute approximate surface area is 111 Å². The lowest BCUT2D eigenvalue weighted by Crippen LogP contribution is -2.35. The van der Waals surface area contributed by atoms with Crippen LogP contribution in [0, 0.1) is 0 Å². The fraction of sp³-hybridized carbons (Fsp3) is 0.429. The summed E-state index contributed by atoms with van der Waals surface area (Å²) in [5.41, 5.74) is 1.17. The minimum absolute atomic E-state index is 0.0269. The van der Waals surface area contributed by atoms with Gasteiger partial charge in [-0.2, -0.15) is 5.10 Å². The molecule has 2 aromatic heterocycles. The van der Waals surface area contributed by atoms with Crippen LogP contribution in [0.5, 0.6) is 0 Å². The van der Waals surface area contributed by atoms with Gasteiger partial charge in [0, 0.05) is 19.2 Å². The Kier molecular flexibility index (Phi) is 3.11. The summed E-state index contributed by atoms with van der Waals surface area (Å²) in [6, 6.07) is 5.74. The normalized spacial score (nSPS) is 15.8. The fourth-order valence-corrected chi connectivity index (χ4v) is 2.63. The van der Waals surface area contributed by atoms with Crippen LogP contribution in [0.1, 0.15) is 36.2 Å². The number of H-pyrrole nitrogens is 1. The molecule has 0 aromatic carbocycles. The summed E-state index contributed by atoms with van der Waals surface area (Å²) in [5, 5.41) is 6.93. The van der Waals surface area contributed by atoms with Crippen molar-refractivity contribution in [2.24, 2.45) is 0 Å². The standard InChI is InChI=1S/C14H17N3O2/c1-17(10-5-2-3-6-10)14(18)12-9-11(15-16-12)13-7-4-8-19-13/h4,7-10H,2-3,5-6H2,1H3,(H,15,16). The Morgan fingerprint density at radius 1 is 1.47 bits per heavy atom. The minimum atomic E-state index is -0.0269. The average Bonchev–Trinajstić information content (AvgIpc) is 3.16. The molecule has 1 aliphatic rings. The summed E-state index contributed by atoms with van der Waals surface area (Å²) in [4.78, 5) is 14.1. The van der Waals surface area contributed by atoms with Crippen LogP contribution in [0.4, 0.5) is 0 Å². The van der Waals surface area contributed by atoms with Crippen molar-refractivity contribution in [3.8, 4) is 11.5 Å². The maximum Gasteiger partial charge on any atom is 0.274 e. The molecule has 0 atom stereocenters. The van der Waals surface area contributed by atoms with Crippen molar-refractivity contribution in [2.75, 3.05) is 7.05 Å². The first-order valence-electron chi connectivity index (χ1n) is 6.62. The predicted octanol–water partition coefficient (Wildman–Crippen LogP) is 2.68. The van der Waals surface area contributed by atoms with E-state index in [0.717, 1.165) is 18.5 Å². The second-order valence-corrected chi connectivity index (χ2v) is 5.00. The van der Waals surface area contributed by atoms with Gasteiger partial charge in [0.15, 0.2) is 11.5 Å². The molecule has 100 valence electrons. The van der Waals surface area contributed by atoms with Gasteiger partial charge in [0.2, 0.25) is 0 Å². The van der Waals surface area contributed by atoms with Crippen molar-refractivity contribution >= 4 is 5.91 Å². The number of furan rings is 1. The highest BCUT2D eigenvalue weighted by molar-refractivity contribution is 5.93. The second-order valence-electron chi connectivity index (χ2n) is 5.00. The Hall–Kier alpha value is -2.04. The Morgan fingerprint density at radius 2 is 2.26 bits per heavy atom. The van der Waals surface area contributed by atoms with E-state index in [1.807, 2.05) is 24.1 Å². The zero-order valence-electron chi connectivity index (χ0n) is 10.9. The van der Waals surface area contributed by atoms with E-state index < -0.39 is 0 Å². The Morgan fingerprint density at radius 3 is 2.95 bits per heavy atom. The first-order valence-corrected chi connectivity index (χ1v) is 6.62. The van der Waals surface area contributed by atoms with E-state index in [-0.39, 0.29) is 5.91 Å². The van der Waals surface area contributed by atoms with Crippen molar-refractivity contribution in [1.29, 1.82) is 0 Å². The topological polar surface area (TPSA) is 62.1 Å². The summed E-state index contributed by atoms with van der Waals surface area (Å²) in [5.74, 6) is 0.663. The molecule has 1 amide bonds. The van der Waals surface area contributed by atoms with E-state index in [1.165, 1.54) is 12.8 Å². The molecule has 5 nitrogen and oxygen atoms in total. The van der Waals surface area contributed by atoms with E-state index >= 15 is 0 Å². The average molecular weight is 259 g/mol. The van der Waals surface area contributed by atoms with Crippen molar-refractivity contribution in [3.63, 3.8) is 0 Å². The molecule has 5 heteroatoms. The van der Waals surface area contributed by atoms with Crippen LogP contribution in [-0.2, 0) is 0 Å². The van der Waals surface area contributed by atoms with Gasteiger partial charge in [0.05, 0.1) is 6.26 Å². The third kappa shape index (κ3) is 2.28. The van der Waals surface area contributed by atoms with Gasteiger partial charge in [-0.15, -0.1) is 0 Å². The molecule has 0 aliphatic heterocycles. The number of hydrogen-bond donors (Lipinski definition) is 1. The summed E-state index contributed by atoms with van der Waals surface area (Å²) < 4.78 is 5.28. The van der Waals surface area contributed by atoms with Gasteiger partial charge < -0.3 is 9.32 Å². The number of amides is 1. The molecule has 0 unspecified atom stereocenters. The van der Waals surface area contributed by atoms with Gasteiger partial charge in [-0.1, -0.05) is 12.8 Å². The number of carbonyl (C=O) groups excluding carboxylic acids is 1. The number of nitrogens with one attached hydrogen (secondary N) is 1. The lowest BCUT2D eigenvalue weighted by Gasteiger charge is -2.23. The zero-order chi connectivity index (χ0) is 13.2. The molecule has 1 fully saturated rings. The van der Waals surface area contributed by atoms with Crippen molar-refractivity contribution in [2.45, 2.75) is 31.7 Å². The number of nitrogens with zero attached hydrogens (tertiary/aromatic N) is 2. The molecule has 0 spiro atoms. The molecule has 2 heterocycles. The van der Waals surface area contributed by atoms with Gasteiger partial charge in [0.1, 0.15) is 5.69 Å². The van der Waals surface area contributed by atoms with Crippen LogP contribution in [-0.4, -0.2) is 34.1 Å². The van der Waals surface area contributed by atoms with E-state index in [2.05, 4.69) is 10.2 Å². The van der Waals surface area contributed by atoms with E-state index in [0.29, 0.717) is 17.5 Å². The second kappa shape index (κ2) is 4.91. The molecule has 2 aromatic rings. The van der Waals surface area contributed by atoms with Gasteiger partial charge in [-0.05, 0) is 25.0 Å². The third-order valence-corrected chi connectivity index (χ3v) is 3.78. The molecular weight excluding hydrogens is 242 g/mol. The van der Waals surface area contributed by atoms with Crippen LogP contribution in [0.15, 0.2) is 28.9 Å². The first kappa shape index (κ1) is 12.0. The lowest BCUT2D eigenvalue weighted by atomic mass is 10.2. The Balaban J connectivity index is 1.76. The molecule has 0 radical (unpaired) electrons. The lowest BCUT2D eigenvalue weighted by molar-refractivity contribution is 0.0729. The molecule has 0 bridgehead atoms. The molecule has 3 rings (SSSR count). The predicted molar refractivity (Wildman–Crippen MR) is 70.6 cm³/mol. The van der Waals surface area contributed by atoms with Crippen molar-refractivity contribution < 1.29 is 9.21 Å². The SMILES string of the molecule is CN(C(=O)c1cc(-c2ccco2)[nH]n1)C1CCCC1. The van der Waals surface area contributed by atoms with E-state index in [9.17, 15) is 4.79 Å². The van der Waals surface area contributed by atoms with Crippen LogP contribution in [0.3, 0.4) is 0 Å². The summed E-state index contributed by atoms with van der Waals surface area (Å²) in [6.45, 7) is 0. The quantitative estimate of drug-likeness (QED) is 0.921. The summed E-state index contributed by atoms with van der Waals surface area (Å²) in [7, 11) is 1.86. The maximum atomic E-state index is 12.3. The van der Waals surface area contributed by atoms with Crippen molar-refractivity contribution in [3.05, 3.63) is 30.2 Å². The Bertz CT molecular complexity index is 553. The first-order chi connectivity index (χ1) is 9.25. The van der Waals surface area contributed by atoms with E-state index in [4.69, 9.17) is 4.42 Å². The molecule has 0 saturated heterocycles. The summed E-state index contributed by atoms with van der Waals surface area (Å²) in [6.07, 6.45) is 6.21. The highest BCUT2D eigenvalue weighted by Crippen LogP contribution is 2.24. The van der Waals surface area contributed by atoms with Crippen LogP contribution in [0.25, 0.3) is 11.5 Å². The summed E-state index contributed by atoms with van der Waals surface area (Å²) >= 11 is 0. The molecule has 1 saturated carbocycles. The number of hydrogen-bond acceptors (Lipinski definition) is 3.